The maximum absolute atomic E-state index is 14.1. The summed E-state index contributed by atoms with van der Waals surface area (Å²) >= 11 is 0. The van der Waals surface area contributed by atoms with Crippen molar-refractivity contribution in [2.24, 2.45) is 29.1 Å². The van der Waals surface area contributed by atoms with Gasteiger partial charge in [0, 0.05) is 40.8 Å². The van der Waals surface area contributed by atoms with Crippen LogP contribution in [-0.4, -0.2) is 74.3 Å². The average molecular weight is 502 g/mol. The van der Waals surface area contributed by atoms with Crippen LogP contribution >= 0.6 is 0 Å². The fraction of sp³-hybridized carbons (Fsp3) is 0.714. The summed E-state index contributed by atoms with van der Waals surface area (Å²) in [5, 5.41) is 2.74. The molecular formula is C28H40FN3O4. The molecule has 2 saturated carbocycles. The summed E-state index contributed by atoms with van der Waals surface area (Å²) in [6, 6.07) is 6.12. The predicted octanol–water partition coefficient (Wildman–Crippen LogP) is 4.38. The van der Waals surface area contributed by atoms with Crippen LogP contribution in [0.5, 0.6) is 0 Å². The lowest BCUT2D eigenvalue weighted by Crippen LogP contribution is -2.63. The molecule has 3 amide bonds. The van der Waals surface area contributed by atoms with Crippen LogP contribution < -0.4 is 5.32 Å². The number of para-hydroxylation sites is 1. The molecule has 2 saturated heterocycles. The second kappa shape index (κ2) is 10.3. The molecule has 5 rings (SSSR count). The van der Waals surface area contributed by atoms with E-state index in [1.165, 1.54) is 12.5 Å². The average Bonchev–Trinajstić information content (AvgIpc) is 3.27. The number of halogens is 1. The Morgan fingerprint density at radius 2 is 1.86 bits per heavy atom. The molecule has 2 aliphatic carbocycles. The predicted molar refractivity (Wildman–Crippen MR) is 135 cm³/mol. The van der Waals surface area contributed by atoms with Crippen molar-refractivity contribution in [2.75, 3.05) is 45.8 Å². The summed E-state index contributed by atoms with van der Waals surface area (Å²) in [7, 11) is 3.55. The quantitative estimate of drug-likeness (QED) is 0.665. The molecule has 2 aliphatic heterocycles. The number of nitrogens with one attached hydrogen (secondary N) is 1. The van der Waals surface area contributed by atoms with E-state index in [1.807, 2.05) is 7.11 Å². The number of benzene rings is 1. The van der Waals surface area contributed by atoms with Gasteiger partial charge in [0.05, 0.1) is 24.4 Å². The van der Waals surface area contributed by atoms with Gasteiger partial charge in [-0.15, -0.1) is 0 Å². The molecule has 1 aromatic rings. The lowest BCUT2D eigenvalue weighted by atomic mass is 9.57. The van der Waals surface area contributed by atoms with Crippen LogP contribution in [0.15, 0.2) is 24.3 Å². The van der Waals surface area contributed by atoms with Gasteiger partial charge in [0.1, 0.15) is 5.82 Å². The summed E-state index contributed by atoms with van der Waals surface area (Å²) in [6.45, 7) is 4.21. The normalized spacial score (nSPS) is 33.2. The van der Waals surface area contributed by atoms with E-state index in [9.17, 15) is 14.0 Å². The lowest BCUT2D eigenvalue weighted by Gasteiger charge is -2.58. The van der Waals surface area contributed by atoms with E-state index in [4.69, 9.17) is 9.47 Å². The number of amides is 3. The first-order valence-corrected chi connectivity index (χ1v) is 13.5. The first kappa shape index (κ1) is 25.5. The second-order valence-corrected chi connectivity index (χ2v) is 11.4. The maximum Gasteiger partial charge on any atom is 0.321 e. The fourth-order valence-electron chi connectivity index (χ4n) is 8.25. The first-order valence-electron chi connectivity index (χ1n) is 13.5. The molecule has 0 aromatic heterocycles. The van der Waals surface area contributed by atoms with Crippen molar-refractivity contribution in [3.63, 3.8) is 0 Å². The molecule has 198 valence electrons. The number of anilines is 1. The van der Waals surface area contributed by atoms with Gasteiger partial charge in [-0.05, 0) is 79.7 Å². The third-order valence-corrected chi connectivity index (χ3v) is 9.81. The highest BCUT2D eigenvalue weighted by molar-refractivity contribution is 5.89. The van der Waals surface area contributed by atoms with Crippen LogP contribution in [0.2, 0.25) is 0 Å². The Bertz CT molecular complexity index is 966. The third-order valence-electron chi connectivity index (χ3n) is 9.81. The summed E-state index contributed by atoms with van der Waals surface area (Å²) in [6.07, 6.45) is 6.53. The molecule has 0 radical (unpaired) electrons. The number of fused-ring (bicyclic) bond motifs is 4. The summed E-state index contributed by atoms with van der Waals surface area (Å²) < 4.78 is 25.5. The molecule has 7 nitrogen and oxygen atoms in total. The Morgan fingerprint density at radius 3 is 2.53 bits per heavy atom. The zero-order chi connectivity index (χ0) is 25.4. The zero-order valence-electron chi connectivity index (χ0n) is 21.7. The SMILES string of the molecule is COC[C@H]1C2CC3CC(OC)CCC3C2C2(CCN(C(=O)Nc3ccccc3F)CC2)CN1C(C)=O. The summed E-state index contributed by atoms with van der Waals surface area (Å²) in [5.41, 5.74) is 0.202. The van der Waals surface area contributed by atoms with Crippen molar-refractivity contribution in [3.05, 3.63) is 30.1 Å². The standard InChI is InChI=1S/C28H40FN3O4/c1-18(33)32-17-28(10-12-31(13-11-28)27(34)30-24-7-5-4-6-23(24)29)26-21-9-8-20(36-3)14-19(21)15-22(26)25(32)16-35-2/h4-7,19-22,25-26H,8-17H2,1-3H3,(H,30,34)/t19?,20?,21?,22?,25-,26?/m0/s1. The van der Waals surface area contributed by atoms with Gasteiger partial charge in [-0.25, -0.2) is 9.18 Å². The van der Waals surface area contributed by atoms with Crippen molar-refractivity contribution in [3.8, 4) is 0 Å². The minimum Gasteiger partial charge on any atom is -0.383 e. The van der Waals surface area contributed by atoms with E-state index < -0.39 is 5.82 Å². The molecule has 1 aromatic carbocycles. The van der Waals surface area contributed by atoms with Crippen LogP contribution in [-0.2, 0) is 14.3 Å². The van der Waals surface area contributed by atoms with Crippen LogP contribution in [0, 0.1) is 34.9 Å². The van der Waals surface area contributed by atoms with E-state index >= 15 is 0 Å². The number of likely N-dealkylation sites (tertiary alicyclic amines) is 2. The van der Waals surface area contributed by atoms with Gasteiger partial charge in [-0.1, -0.05) is 12.1 Å². The summed E-state index contributed by atoms with van der Waals surface area (Å²) in [4.78, 5) is 29.7. The molecular weight excluding hydrogens is 461 g/mol. The lowest BCUT2D eigenvalue weighted by molar-refractivity contribution is -0.151. The highest BCUT2D eigenvalue weighted by Gasteiger charge is 2.61. The number of ether oxygens (including phenoxy) is 2. The number of methoxy groups -OCH3 is 2. The number of carbonyl (C=O) groups is 2. The van der Waals surface area contributed by atoms with Gasteiger partial charge in [-0.3, -0.25) is 4.79 Å². The van der Waals surface area contributed by atoms with Gasteiger partial charge in [-0.2, -0.15) is 0 Å². The molecule has 2 heterocycles. The molecule has 36 heavy (non-hydrogen) atoms. The summed E-state index contributed by atoms with van der Waals surface area (Å²) in [5.74, 6) is 1.86. The van der Waals surface area contributed by atoms with Crippen LogP contribution in [0.1, 0.15) is 45.4 Å². The number of nitrogens with zero attached hydrogens (tertiary/aromatic N) is 2. The fourth-order valence-corrected chi connectivity index (χ4v) is 8.25. The Kier molecular flexibility index (Phi) is 7.27. The number of piperidine rings is 2. The Labute approximate surface area is 213 Å². The van der Waals surface area contributed by atoms with E-state index in [0.717, 1.165) is 38.6 Å². The number of rotatable bonds is 4. The van der Waals surface area contributed by atoms with Crippen LogP contribution in [0.25, 0.3) is 0 Å². The molecule has 1 N–H and O–H groups in total. The largest absolute Gasteiger partial charge is 0.383 e. The molecule has 0 bridgehead atoms. The van der Waals surface area contributed by atoms with Crippen LogP contribution in [0.3, 0.4) is 0 Å². The van der Waals surface area contributed by atoms with Crippen molar-refractivity contribution >= 4 is 17.6 Å². The Morgan fingerprint density at radius 1 is 1.11 bits per heavy atom. The zero-order valence-corrected chi connectivity index (χ0v) is 21.7. The van der Waals surface area contributed by atoms with Gasteiger partial charge in [0.2, 0.25) is 5.91 Å². The van der Waals surface area contributed by atoms with E-state index in [1.54, 1.807) is 37.1 Å². The number of carbonyl (C=O) groups excluding carboxylic acids is 2. The highest BCUT2D eigenvalue weighted by Crippen LogP contribution is 2.62. The number of hydrogen-bond acceptors (Lipinski definition) is 4. The van der Waals surface area contributed by atoms with Gasteiger partial charge in [0.15, 0.2) is 0 Å². The highest BCUT2D eigenvalue weighted by atomic mass is 19.1. The van der Waals surface area contributed by atoms with Crippen LogP contribution in [0.4, 0.5) is 14.9 Å². The van der Waals surface area contributed by atoms with Crippen molar-refractivity contribution in [2.45, 2.75) is 57.6 Å². The Balaban J connectivity index is 1.37. The van der Waals surface area contributed by atoms with E-state index in [2.05, 4.69) is 10.2 Å². The third kappa shape index (κ3) is 4.51. The smallest absolute Gasteiger partial charge is 0.321 e. The van der Waals surface area contributed by atoms with Crippen molar-refractivity contribution in [1.29, 1.82) is 0 Å². The Hall–Kier alpha value is -2.19. The first-order chi connectivity index (χ1) is 17.4. The minimum atomic E-state index is -0.431. The topological polar surface area (TPSA) is 71.1 Å². The van der Waals surface area contributed by atoms with E-state index in [0.29, 0.717) is 49.5 Å². The molecule has 8 heteroatoms. The van der Waals surface area contributed by atoms with Crippen molar-refractivity contribution in [1.82, 2.24) is 9.80 Å². The van der Waals surface area contributed by atoms with Gasteiger partial charge >= 0.3 is 6.03 Å². The van der Waals surface area contributed by atoms with Gasteiger partial charge < -0.3 is 24.6 Å². The number of hydrogen-bond donors (Lipinski definition) is 1. The molecule has 6 atom stereocenters. The molecule has 5 unspecified atom stereocenters. The maximum atomic E-state index is 14.1. The second-order valence-electron chi connectivity index (χ2n) is 11.4. The monoisotopic (exact) mass is 501 g/mol. The van der Waals surface area contributed by atoms with Crippen molar-refractivity contribution < 1.29 is 23.5 Å². The molecule has 4 aliphatic rings. The van der Waals surface area contributed by atoms with Gasteiger partial charge in [0.25, 0.3) is 0 Å². The molecule has 4 fully saturated rings. The minimum absolute atomic E-state index is 0.00528. The number of urea groups is 1. The van der Waals surface area contributed by atoms with E-state index in [-0.39, 0.29) is 29.1 Å². The molecule has 1 spiro atoms.